The third kappa shape index (κ3) is 6.49. The molecule has 2 amide bonds. The number of halogens is 3. The molecule has 2 aromatic rings. The van der Waals surface area contributed by atoms with Crippen molar-refractivity contribution in [2.75, 3.05) is 24.2 Å². The highest BCUT2D eigenvalue weighted by Crippen LogP contribution is 2.28. The Morgan fingerprint density at radius 2 is 1.68 bits per heavy atom. The van der Waals surface area contributed by atoms with Gasteiger partial charge in [-0.2, -0.15) is 0 Å². The Kier molecular flexibility index (Phi) is 8.59. The molecule has 0 aliphatic carbocycles. The number of rotatable bonds is 8. The minimum atomic E-state index is -3.85. The second kappa shape index (κ2) is 10.5. The van der Waals surface area contributed by atoms with E-state index in [9.17, 15) is 18.0 Å². The summed E-state index contributed by atoms with van der Waals surface area (Å²) in [4.78, 5) is 26.8. The maximum atomic E-state index is 13.2. The van der Waals surface area contributed by atoms with Gasteiger partial charge in [0.25, 0.3) is 0 Å². The van der Waals surface area contributed by atoms with Crippen molar-refractivity contribution in [2.24, 2.45) is 0 Å². The van der Waals surface area contributed by atoms with Crippen LogP contribution >= 0.6 is 34.8 Å². The van der Waals surface area contributed by atoms with Crippen molar-refractivity contribution in [1.29, 1.82) is 0 Å². The van der Waals surface area contributed by atoms with Crippen LogP contribution < -0.4 is 9.62 Å². The lowest BCUT2D eigenvalue weighted by Crippen LogP contribution is -2.50. The zero-order valence-corrected chi connectivity index (χ0v) is 20.2. The van der Waals surface area contributed by atoms with E-state index in [1.807, 2.05) is 0 Å². The summed E-state index contributed by atoms with van der Waals surface area (Å²) < 4.78 is 25.8. The number of carbonyl (C=O) groups excluding carboxylic acids is 2. The van der Waals surface area contributed by atoms with Gasteiger partial charge in [-0.1, -0.05) is 53.0 Å². The maximum absolute atomic E-state index is 13.2. The number of anilines is 1. The molecule has 0 heterocycles. The molecule has 0 spiro atoms. The Morgan fingerprint density at radius 1 is 1.03 bits per heavy atom. The fraction of sp³-hybridized carbons (Fsp3) is 0.300. The Balaban J connectivity index is 2.42. The van der Waals surface area contributed by atoms with Gasteiger partial charge in [0.2, 0.25) is 21.8 Å². The van der Waals surface area contributed by atoms with Crippen molar-refractivity contribution in [3.05, 3.63) is 63.1 Å². The van der Waals surface area contributed by atoms with E-state index < -0.39 is 34.4 Å². The minimum Gasteiger partial charge on any atom is -0.357 e. The minimum absolute atomic E-state index is 0.0199. The quantitative estimate of drug-likeness (QED) is 0.593. The molecular weight excluding hydrogens is 485 g/mol. The number of hydrogen-bond acceptors (Lipinski definition) is 4. The highest BCUT2D eigenvalue weighted by Gasteiger charge is 2.30. The standard InChI is InChI=1S/C20H22Cl3N3O4S/c1-13(20(28)24-2)25(11-14-6-4-5-7-16(14)21)19(27)12-26(31(3,29)30)15-8-9-17(22)18(23)10-15/h4-10,13H,11-12H2,1-3H3,(H,24,28)/t13-/m1/s1. The summed E-state index contributed by atoms with van der Waals surface area (Å²) >= 11 is 18.2. The number of amides is 2. The van der Waals surface area contributed by atoms with Crippen molar-refractivity contribution in [2.45, 2.75) is 19.5 Å². The Bertz CT molecular complexity index is 1080. The van der Waals surface area contributed by atoms with E-state index >= 15 is 0 Å². The van der Waals surface area contributed by atoms with Crippen LogP contribution in [0.4, 0.5) is 5.69 Å². The zero-order valence-electron chi connectivity index (χ0n) is 17.1. The van der Waals surface area contributed by atoms with E-state index in [0.717, 1.165) is 10.6 Å². The summed E-state index contributed by atoms with van der Waals surface area (Å²) in [5, 5.41) is 3.32. The summed E-state index contributed by atoms with van der Waals surface area (Å²) in [6.07, 6.45) is 0.976. The SMILES string of the molecule is CNC(=O)[C@@H](C)N(Cc1ccccc1Cl)C(=O)CN(c1ccc(Cl)c(Cl)c1)S(C)(=O)=O. The number of benzene rings is 2. The van der Waals surface area contributed by atoms with Crippen molar-refractivity contribution >= 4 is 62.3 Å². The number of sulfonamides is 1. The van der Waals surface area contributed by atoms with Crippen molar-refractivity contribution in [3.8, 4) is 0 Å². The predicted molar refractivity (Wildman–Crippen MR) is 124 cm³/mol. The Labute approximate surface area is 196 Å². The Morgan fingerprint density at radius 3 is 2.23 bits per heavy atom. The van der Waals surface area contributed by atoms with Crippen LogP contribution in [0.2, 0.25) is 15.1 Å². The monoisotopic (exact) mass is 505 g/mol. The molecule has 11 heteroatoms. The number of likely N-dealkylation sites (N-methyl/N-ethyl adjacent to an activating group) is 1. The van der Waals surface area contributed by atoms with Crippen LogP contribution in [0.3, 0.4) is 0 Å². The molecule has 0 aliphatic rings. The second-order valence-corrected chi connectivity index (χ2v) is 9.90. The number of carbonyl (C=O) groups is 2. The molecule has 0 bridgehead atoms. The first-order valence-electron chi connectivity index (χ1n) is 9.13. The van der Waals surface area contributed by atoms with E-state index in [2.05, 4.69) is 5.32 Å². The van der Waals surface area contributed by atoms with Crippen LogP contribution in [0.5, 0.6) is 0 Å². The smallest absolute Gasteiger partial charge is 0.244 e. The third-order valence-electron chi connectivity index (χ3n) is 4.58. The van der Waals surface area contributed by atoms with Crippen molar-refractivity contribution in [1.82, 2.24) is 10.2 Å². The van der Waals surface area contributed by atoms with Crippen LogP contribution in [0.25, 0.3) is 0 Å². The molecule has 0 aliphatic heterocycles. The highest BCUT2D eigenvalue weighted by molar-refractivity contribution is 7.92. The molecule has 1 N–H and O–H groups in total. The molecule has 2 rings (SSSR count). The largest absolute Gasteiger partial charge is 0.357 e. The van der Waals surface area contributed by atoms with E-state index in [1.54, 1.807) is 31.2 Å². The second-order valence-electron chi connectivity index (χ2n) is 6.77. The zero-order chi connectivity index (χ0) is 23.3. The molecule has 31 heavy (non-hydrogen) atoms. The number of nitrogens with zero attached hydrogens (tertiary/aromatic N) is 2. The van der Waals surface area contributed by atoms with Crippen molar-refractivity contribution < 1.29 is 18.0 Å². The average Bonchev–Trinajstić information content (AvgIpc) is 2.71. The van der Waals surface area contributed by atoms with Gasteiger partial charge in [0.05, 0.1) is 22.0 Å². The summed E-state index contributed by atoms with van der Waals surface area (Å²) in [5.74, 6) is -0.992. The van der Waals surface area contributed by atoms with Gasteiger partial charge in [0.15, 0.2) is 0 Å². The number of nitrogens with one attached hydrogen (secondary N) is 1. The summed E-state index contributed by atoms with van der Waals surface area (Å²) in [5.41, 5.74) is 0.796. The molecule has 0 fully saturated rings. The van der Waals surface area contributed by atoms with E-state index in [4.69, 9.17) is 34.8 Å². The van der Waals surface area contributed by atoms with Crippen LogP contribution in [0.15, 0.2) is 42.5 Å². The summed E-state index contributed by atoms with van der Waals surface area (Å²) in [6.45, 7) is 1.03. The van der Waals surface area contributed by atoms with Crippen LogP contribution in [0, 0.1) is 0 Å². The van der Waals surface area contributed by atoms with Crippen LogP contribution in [-0.4, -0.2) is 51.0 Å². The summed E-state index contributed by atoms with van der Waals surface area (Å²) in [7, 11) is -2.40. The molecule has 2 aromatic carbocycles. The van der Waals surface area contributed by atoms with E-state index in [-0.39, 0.29) is 22.3 Å². The van der Waals surface area contributed by atoms with Gasteiger partial charge in [-0.3, -0.25) is 13.9 Å². The van der Waals surface area contributed by atoms with E-state index in [0.29, 0.717) is 10.6 Å². The molecule has 7 nitrogen and oxygen atoms in total. The van der Waals surface area contributed by atoms with Crippen LogP contribution in [0.1, 0.15) is 12.5 Å². The van der Waals surface area contributed by atoms with Gasteiger partial charge in [-0.25, -0.2) is 8.42 Å². The highest BCUT2D eigenvalue weighted by atomic mass is 35.5. The molecule has 0 saturated heterocycles. The molecule has 1 atom stereocenters. The predicted octanol–water partition coefficient (Wildman–Crippen LogP) is 3.58. The average molecular weight is 507 g/mol. The third-order valence-corrected chi connectivity index (χ3v) is 6.83. The first kappa shape index (κ1) is 25.3. The molecule has 0 saturated carbocycles. The first-order chi connectivity index (χ1) is 14.5. The first-order valence-corrected chi connectivity index (χ1v) is 12.1. The lowest BCUT2D eigenvalue weighted by molar-refractivity contribution is -0.139. The fourth-order valence-electron chi connectivity index (χ4n) is 2.86. The lowest BCUT2D eigenvalue weighted by atomic mass is 10.1. The van der Waals surface area contributed by atoms with Crippen molar-refractivity contribution in [3.63, 3.8) is 0 Å². The molecule has 168 valence electrons. The maximum Gasteiger partial charge on any atom is 0.244 e. The molecule has 0 radical (unpaired) electrons. The topological polar surface area (TPSA) is 86.8 Å². The number of hydrogen-bond donors (Lipinski definition) is 1. The van der Waals surface area contributed by atoms with E-state index in [1.165, 1.54) is 30.1 Å². The lowest BCUT2D eigenvalue weighted by Gasteiger charge is -2.31. The van der Waals surface area contributed by atoms with Gasteiger partial charge >= 0.3 is 0 Å². The van der Waals surface area contributed by atoms with Gasteiger partial charge in [0.1, 0.15) is 12.6 Å². The van der Waals surface area contributed by atoms with Gasteiger partial charge < -0.3 is 10.2 Å². The van der Waals surface area contributed by atoms with Gasteiger partial charge in [-0.15, -0.1) is 0 Å². The van der Waals surface area contributed by atoms with Gasteiger partial charge in [-0.05, 0) is 36.8 Å². The molecular formula is C20H22Cl3N3O4S. The molecule has 0 unspecified atom stereocenters. The summed E-state index contributed by atoms with van der Waals surface area (Å²) in [6, 6.07) is 10.3. The fourth-order valence-corrected chi connectivity index (χ4v) is 4.18. The molecule has 0 aromatic heterocycles. The Hall–Kier alpha value is -2.00. The normalized spacial score (nSPS) is 12.2. The van der Waals surface area contributed by atoms with Gasteiger partial charge in [0, 0.05) is 18.6 Å². The van der Waals surface area contributed by atoms with Crippen LogP contribution in [-0.2, 0) is 26.2 Å².